The van der Waals surface area contributed by atoms with Crippen molar-refractivity contribution in [2.24, 2.45) is 5.92 Å². The number of ether oxygens (including phenoxy) is 1. The molecular formula is C27H28F2N4O3. The van der Waals surface area contributed by atoms with Crippen LogP contribution in [0.4, 0.5) is 20.2 Å². The first kappa shape index (κ1) is 26.5. The van der Waals surface area contributed by atoms with E-state index in [4.69, 9.17) is 10.1 Å². The highest BCUT2D eigenvalue weighted by molar-refractivity contribution is 6.24. The lowest BCUT2D eigenvalue weighted by Gasteiger charge is -2.18. The molecule has 0 saturated carbocycles. The number of alkyl halides is 2. The highest BCUT2D eigenvalue weighted by Crippen LogP contribution is 2.33. The number of rotatable bonds is 9. The van der Waals surface area contributed by atoms with E-state index in [1.807, 2.05) is 19.1 Å². The van der Waals surface area contributed by atoms with Crippen LogP contribution in [0.1, 0.15) is 31.4 Å². The summed E-state index contributed by atoms with van der Waals surface area (Å²) in [7, 11) is 1.52. The minimum absolute atomic E-state index is 0.113. The van der Waals surface area contributed by atoms with Crippen molar-refractivity contribution in [3.8, 4) is 17.0 Å². The topological polar surface area (TPSA) is 104 Å². The van der Waals surface area contributed by atoms with E-state index in [0.29, 0.717) is 22.7 Å². The summed E-state index contributed by atoms with van der Waals surface area (Å²) >= 11 is 0. The molecule has 1 unspecified atom stereocenters. The molecule has 0 aliphatic carbocycles. The first-order valence-corrected chi connectivity index (χ1v) is 11.3. The molecule has 0 saturated heterocycles. The van der Waals surface area contributed by atoms with Crippen molar-refractivity contribution in [1.82, 2.24) is 4.98 Å². The maximum absolute atomic E-state index is 14.1. The molecule has 3 N–H and O–H groups in total. The van der Waals surface area contributed by atoms with Crippen molar-refractivity contribution in [3.05, 3.63) is 71.9 Å². The lowest BCUT2D eigenvalue weighted by molar-refractivity contribution is -0.126. The van der Waals surface area contributed by atoms with E-state index < -0.39 is 30.1 Å². The first-order valence-electron chi connectivity index (χ1n) is 11.3. The average Bonchev–Trinajstić information content (AvgIpc) is 2.84. The molecule has 9 heteroatoms. The minimum atomic E-state index is -3.05. The maximum Gasteiger partial charge on any atom is 0.273 e. The summed E-state index contributed by atoms with van der Waals surface area (Å²) in [5.41, 5.74) is 2.32. The number of pyridine rings is 1. The van der Waals surface area contributed by atoms with Gasteiger partial charge in [-0.2, -0.15) is 0 Å². The highest BCUT2D eigenvalue weighted by atomic mass is 19.3. The Morgan fingerprint density at radius 3 is 2.31 bits per heavy atom. The monoisotopic (exact) mass is 494 g/mol. The number of carbonyl (C=O) groups is 2. The fourth-order valence-electron chi connectivity index (χ4n) is 3.64. The second-order valence-corrected chi connectivity index (χ2v) is 8.37. The fourth-order valence-corrected chi connectivity index (χ4v) is 3.64. The van der Waals surface area contributed by atoms with E-state index in [9.17, 15) is 18.4 Å². The maximum atomic E-state index is 14.1. The number of methoxy groups -OCH3 is 1. The molecule has 0 radical (unpaired) electrons. The summed E-state index contributed by atoms with van der Waals surface area (Å²) in [6, 6.07) is 14.0. The number of benzene rings is 2. The molecule has 1 atom stereocenters. The zero-order valence-electron chi connectivity index (χ0n) is 20.5. The lowest BCUT2D eigenvalue weighted by atomic mass is 10.0. The fraction of sp³-hybridized carbons (Fsp3) is 0.259. The van der Waals surface area contributed by atoms with Gasteiger partial charge >= 0.3 is 0 Å². The quantitative estimate of drug-likeness (QED) is 0.258. The Hall–Kier alpha value is -4.14. The van der Waals surface area contributed by atoms with Crippen molar-refractivity contribution >= 4 is 28.9 Å². The standard InChI is InChI=1S/C27H28F2N4O3/c1-5-27(28,29)18-7-6-8-19(14-18)32-25(34)24(17(3)30)26(35)33-20-9-10-23(36-4)21(15-20)22-13-16(2)11-12-31-22/h6-15,24,30H,5H2,1-4H3,(H,32,34)(H,33,35). The molecule has 0 spiro atoms. The molecule has 0 fully saturated rings. The summed E-state index contributed by atoms with van der Waals surface area (Å²) in [6.45, 7) is 4.63. The van der Waals surface area contributed by atoms with Crippen LogP contribution in [0.2, 0.25) is 0 Å². The van der Waals surface area contributed by atoms with Gasteiger partial charge in [0.25, 0.3) is 5.92 Å². The summed E-state index contributed by atoms with van der Waals surface area (Å²) in [5, 5.41) is 13.2. The molecule has 0 aliphatic heterocycles. The van der Waals surface area contributed by atoms with Gasteiger partial charge < -0.3 is 20.8 Å². The molecule has 0 bridgehead atoms. The largest absolute Gasteiger partial charge is 0.496 e. The van der Waals surface area contributed by atoms with Gasteiger partial charge in [-0.15, -0.1) is 0 Å². The molecule has 1 heterocycles. The van der Waals surface area contributed by atoms with Crippen molar-refractivity contribution in [3.63, 3.8) is 0 Å². The van der Waals surface area contributed by atoms with Gasteiger partial charge in [0.1, 0.15) is 5.75 Å². The SMILES string of the molecule is CCC(F)(F)c1cccc(NC(=O)C(C(C)=N)C(=O)Nc2ccc(OC)c(-c3cc(C)ccn3)c2)c1. The molecule has 2 aromatic carbocycles. The average molecular weight is 495 g/mol. The van der Waals surface area contributed by atoms with E-state index in [-0.39, 0.29) is 17.0 Å². The zero-order valence-corrected chi connectivity index (χ0v) is 20.5. The molecule has 188 valence electrons. The predicted molar refractivity (Wildman–Crippen MR) is 136 cm³/mol. The predicted octanol–water partition coefficient (Wildman–Crippen LogP) is 5.80. The number of nitrogens with zero attached hydrogens (tertiary/aromatic N) is 1. The van der Waals surface area contributed by atoms with Crippen LogP contribution in [0.3, 0.4) is 0 Å². The zero-order chi connectivity index (χ0) is 26.5. The van der Waals surface area contributed by atoms with Gasteiger partial charge in [0.2, 0.25) is 11.8 Å². The van der Waals surface area contributed by atoms with Crippen molar-refractivity contribution in [1.29, 1.82) is 5.41 Å². The number of carbonyl (C=O) groups excluding carboxylic acids is 2. The Balaban J connectivity index is 1.83. The van der Waals surface area contributed by atoms with Gasteiger partial charge in [0.15, 0.2) is 5.92 Å². The van der Waals surface area contributed by atoms with Crippen molar-refractivity contribution in [2.75, 3.05) is 17.7 Å². The lowest BCUT2D eigenvalue weighted by Crippen LogP contribution is -2.38. The number of nitrogens with one attached hydrogen (secondary N) is 3. The number of aromatic nitrogens is 1. The Kier molecular flexibility index (Phi) is 8.14. The summed E-state index contributed by atoms with van der Waals surface area (Å²) in [4.78, 5) is 30.3. The van der Waals surface area contributed by atoms with E-state index in [1.165, 1.54) is 45.2 Å². The van der Waals surface area contributed by atoms with Crippen LogP contribution in [0.15, 0.2) is 60.8 Å². The molecular weight excluding hydrogens is 466 g/mol. The van der Waals surface area contributed by atoms with Crippen molar-refractivity contribution in [2.45, 2.75) is 33.1 Å². The first-order chi connectivity index (χ1) is 17.1. The van der Waals surface area contributed by atoms with Crippen LogP contribution in [0.5, 0.6) is 5.75 Å². The van der Waals surface area contributed by atoms with Gasteiger partial charge in [-0.3, -0.25) is 14.6 Å². The van der Waals surface area contributed by atoms with E-state index in [1.54, 1.807) is 24.4 Å². The third-order valence-electron chi connectivity index (χ3n) is 5.61. The molecule has 0 aliphatic rings. The normalized spacial score (nSPS) is 11.9. The number of halogens is 2. The second-order valence-electron chi connectivity index (χ2n) is 8.37. The van der Waals surface area contributed by atoms with Crippen LogP contribution < -0.4 is 15.4 Å². The van der Waals surface area contributed by atoms with E-state index >= 15 is 0 Å². The number of anilines is 2. The second kappa shape index (κ2) is 11.1. The highest BCUT2D eigenvalue weighted by Gasteiger charge is 2.31. The molecule has 3 aromatic rings. The smallest absolute Gasteiger partial charge is 0.273 e. The molecule has 7 nitrogen and oxygen atoms in total. The number of hydrogen-bond donors (Lipinski definition) is 3. The van der Waals surface area contributed by atoms with Crippen LogP contribution in [-0.2, 0) is 15.5 Å². The van der Waals surface area contributed by atoms with Gasteiger partial charge in [0, 0.05) is 40.8 Å². The Morgan fingerprint density at radius 2 is 1.72 bits per heavy atom. The summed E-state index contributed by atoms with van der Waals surface area (Å²) in [5.74, 6) is -5.50. The Labute approximate surface area is 208 Å². The molecule has 2 amide bonds. The number of amides is 2. The van der Waals surface area contributed by atoms with Gasteiger partial charge in [0.05, 0.1) is 12.8 Å². The summed E-state index contributed by atoms with van der Waals surface area (Å²) in [6.07, 6.45) is 1.27. The van der Waals surface area contributed by atoms with Gasteiger partial charge in [-0.1, -0.05) is 19.1 Å². The van der Waals surface area contributed by atoms with E-state index in [2.05, 4.69) is 15.6 Å². The van der Waals surface area contributed by atoms with Crippen molar-refractivity contribution < 1.29 is 23.1 Å². The van der Waals surface area contributed by atoms with Crippen LogP contribution in [0, 0.1) is 18.3 Å². The van der Waals surface area contributed by atoms with Crippen LogP contribution in [-0.4, -0.2) is 29.6 Å². The van der Waals surface area contributed by atoms with Crippen LogP contribution in [0.25, 0.3) is 11.3 Å². The third kappa shape index (κ3) is 6.10. The Morgan fingerprint density at radius 1 is 1.06 bits per heavy atom. The van der Waals surface area contributed by atoms with Crippen LogP contribution >= 0.6 is 0 Å². The Bertz CT molecular complexity index is 1290. The molecule has 1 aromatic heterocycles. The molecule has 36 heavy (non-hydrogen) atoms. The molecule has 3 rings (SSSR count). The minimum Gasteiger partial charge on any atom is -0.496 e. The number of hydrogen-bond acceptors (Lipinski definition) is 5. The summed E-state index contributed by atoms with van der Waals surface area (Å²) < 4.78 is 33.6. The third-order valence-corrected chi connectivity index (χ3v) is 5.61. The van der Waals surface area contributed by atoms with E-state index in [0.717, 1.165) is 5.56 Å². The number of aryl methyl sites for hydroxylation is 1. The van der Waals surface area contributed by atoms with Gasteiger partial charge in [-0.05, 0) is 61.9 Å². The van der Waals surface area contributed by atoms with Gasteiger partial charge in [-0.25, -0.2) is 8.78 Å².